The number of amides is 1. The lowest BCUT2D eigenvalue weighted by atomic mass is 10.1. The number of methoxy groups -OCH3 is 2. The summed E-state index contributed by atoms with van der Waals surface area (Å²) in [7, 11) is -0.680. The Morgan fingerprint density at radius 1 is 1.10 bits per heavy atom. The number of rotatable bonds is 9. The Bertz CT molecular complexity index is 948. The van der Waals surface area contributed by atoms with Crippen molar-refractivity contribution in [3.05, 3.63) is 52.5 Å². The van der Waals surface area contributed by atoms with Crippen LogP contribution >= 0.6 is 15.9 Å². The molecule has 1 unspecified atom stereocenters. The molecule has 0 saturated heterocycles. The number of nitrogens with one attached hydrogen (secondary N) is 1. The van der Waals surface area contributed by atoms with Gasteiger partial charge in [-0.3, -0.25) is 4.79 Å². The number of ether oxygens (including phenoxy) is 2. The van der Waals surface area contributed by atoms with E-state index in [0.29, 0.717) is 11.5 Å². The van der Waals surface area contributed by atoms with E-state index in [0.717, 1.165) is 14.3 Å². The average Bonchev–Trinajstić information content (AvgIpc) is 2.71. The fourth-order valence-electron chi connectivity index (χ4n) is 2.78. The third-order valence-electron chi connectivity index (χ3n) is 4.41. The first kappa shape index (κ1) is 23.2. The largest absolute Gasteiger partial charge is 0.493 e. The van der Waals surface area contributed by atoms with Crippen LogP contribution in [-0.2, 0) is 14.8 Å². The lowest BCUT2D eigenvalue weighted by Gasteiger charge is -2.22. The molecule has 0 aromatic heterocycles. The highest BCUT2D eigenvalue weighted by atomic mass is 79.9. The van der Waals surface area contributed by atoms with E-state index in [1.54, 1.807) is 38.3 Å². The summed E-state index contributed by atoms with van der Waals surface area (Å²) in [5.74, 6) is 0.751. The Hall–Kier alpha value is -2.10. The molecule has 158 valence electrons. The molecule has 0 aliphatic carbocycles. The summed E-state index contributed by atoms with van der Waals surface area (Å²) in [6, 6.07) is 11.3. The molecule has 1 amide bonds. The lowest BCUT2D eigenvalue weighted by molar-refractivity contribution is -0.121. The molecule has 7 nitrogen and oxygen atoms in total. The molecule has 1 N–H and O–H groups in total. The van der Waals surface area contributed by atoms with Gasteiger partial charge in [-0.2, -0.15) is 4.31 Å². The minimum absolute atomic E-state index is 0.142. The summed E-state index contributed by atoms with van der Waals surface area (Å²) in [5, 5.41) is 2.83. The summed E-state index contributed by atoms with van der Waals surface area (Å²) in [4.78, 5) is 12.7. The van der Waals surface area contributed by atoms with E-state index in [2.05, 4.69) is 21.2 Å². The van der Waals surface area contributed by atoms with Crippen molar-refractivity contribution in [2.45, 2.75) is 24.8 Å². The molecule has 9 heteroatoms. The van der Waals surface area contributed by atoms with Crippen LogP contribution in [-0.4, -0.2) is 45.9 Å². The van der Waals surface area contributed by atoms with E-state index in [9.17, 15) is 13.2 Å². The Labute approximate surface area is 180 Å². The Kier molecular flexibility index (Phi) is 8.06. The van der Waals surface area contributed by atoms with Crippen molar-refractivity contribution in [1.29, 1.82) is 0 Å². The van der Waals surface area contributed by atoms with Gasteiger partial charge in [-0.25, -0.2) is 8.42 Å². The first-order valence-corrected chi connectivity index (χ1v) is 11.2. The highest BCUT2D eigenvalue weighted by molar-refractivity contribution is 9.10. The van der Waals surface area contributed by atoms with Gasteiger partial charge in [-0.1, -0.05) is 28.9 Å². The van der Waals surface area contributed by atoms with Gasteiger partial charge in [0, 0.05) is 11.0 Å². The van der Waals surface area contributed by atoms with E-state index in [4.69, 9.17) is 9.47 Å². The van der Waals surface area contributed by atoms with Gasteiger partial charge >= 0.3 is 0 Å². The maximum atomic E-state index is 12.8. The summed E-state index contributed by atoms with van der Waals surface area (Å²) in [6.45, 7) is 3.42. The Balaban J connectivity index is 2.10. The van der Waals surface area contributed by atoms with E-state index in [1.807, 2.05) is 13.0 Å². The van der Waals surface area contributed by atoms with E-state index in [-0.39, 0.29) is 24.0 Å². The SMILES string of the molecule is CCN(CC(=O)NC(C)c1ccc(OC)c(OC)c1)S(=O)(=O)c1ccc(Br)cc1. The van der Waals surface area contributed by atoms with Gasteiger partial charge in [0.25, 0.3) is 0 Å². The van der Waals surface area contributed by atoms with Gasteiger partial charge in [-0.05, 0) is 48.9 Å². The number of hydrogen-bond donors (Lipinski definition) is 1. The average molecular weight is 485 g/mol. The summed E-state index contributed by atoms with van der Waals surface area (Å²) in [5.41, 5.74) is 0.815. The molecule has 0 spiro atoms. The minimum atomic E-state index is -3.77. The van der Waals surface area contributed by atoms with Crippen LogP contribution in [0.1, 0.15) is 25.5 Å². The van der Waals surface area contributed by atoms with Crippen molar-refractivity contribution >= 4 is 31.9 Å². The van der Waals surface area contributed by atoms with Crippen molar-refractivity contribution < 1.29 is 22.7 Å². The molecule has 2 rings (SSSR count). The smallest absolute Gasteiger partial charge is 0.243 e. The number of carbonyl (C=O) groups is 1. The maximum Gasteiger partial charge on any atom is 0.243 e. The second kappa shape index (κ2) is 10.1. The first-order chi connectivity index (χ1) is 13.7. The number of halogens is 1. The van der Waals surface area contributed by atoms with Gasteiger partial charge in [0.15, 0.2) is 11.5 Å². The van der Waals surface area contributed by atoms with Crippen LogP contribution in [0, 0.1) is 0 Å². The monoisotopic (exact) mass is 484 g/mol. The summed E-state index contributed by atoms with van der Waals surface area (Å²) >= 11 is 3.29. The highest BCUT2D eigenvalue weighted by Crippen LogP contribution is 2.29. The predicted molar refractivity (Wildman–Crippen MR) is 115 cm³/mol. The number of carbonyl (C=O) groups excluding carboxylic acids is 1. The molecule has 0 bridgehead atoms. The molecule has 0 aliphatic heterocycles. The van der Waals surface area contributed by atoms with E-state index >= 15 is 0 Å². The third kappa shape index (κ3) is 5.71. The number of benzene rings is 2. The molecule has 2 aromatic rings. The second-order valence-electron chi connectivity index (χ2n) is 6.29. The van der Waals surface area contributed by atoms with Crippen LogP contribution in [0.5, 0.6) is 11.5 Å². The standard InChI is InChI=1S/C20H25BrN2O5S/c1-5-23(29(25,26)17-9-7-16(21)8-10-17)13-20(24)22-14(2)15-6-11-18(27-3)19(12-15)28-4/h6-12,14H,5,13H2,1-4H3,(H,22,24). The topological polar surface area (TPSA) is 84.9 Å². The number of likely N-dealkylation sites (N-methyl/N-ethyl adjacent to an activating group) is 1. The molecular formula is C20H25BrN2O5S. The lowest BCUT2D eigenvalue weighted by Crippen LogP contribution is -2.41. The van der Waals surface area contributed by atoms with Crippen molar-refractivity contribution in [2.75, 3.05) is 27.3 Å². The third-order valence-corrected chi connectivity index (χ3v) is 6.87. The molecule has 0 aliphatic rings. The fourth-order valence-corrected chi connectivity index (χ4v) is 4.44. The highest BCUT2D eigenvalue weighted by Gasteiger charge is 2.26. The molecule has 0 radical (unpaired) electrons. The molecule has 29 heavy (non-hydrogen) atoms. The van der Waals surface area contributed by atoms with Gasteiger partial charge in [0.2, 0.25) is 15.9 Å². The van der Waals surface area contributed by atoms with Crippen LogP contribution < -0.4 is 14.8 Å². The van der Waals surface area contributed by atoms with Crippen molar-refractivity contribution in [3.63, 3.8) is 0 Å². The normalized spacial score (nSPS) is 12.5. The van der Waals surface area contributed by atoms with Gasteiger partial charge in [0.05, 0.1) is 31.7 Å². The zero-order chi connectivity index (χ0) is 21.6. The molecule has 2 aromatic carbocycles. The number of sulfonamides is 1. The van der Waals surface area contributed by atoms with Crippen LogP contribution in [0.2, 0.25) is 0 Å². The van der Waals surface area contributed by atoms with Gasteiger partial charge in [0.1, 0.15) is 0 Å². The van der Waals surface area contributed by atoms with Crippen LogP contribution in [0.25, 0.3) is 0 Å². The number of hydrogen-bond acceptors (Lipinski definition) is 5. The first-order valence-electron chi connectivity index (χ1n) is 9.00. The molecule has 0 fully saturated rings. The Morgan fingerprint density at radius 3 is 2.28 bits per heavy atom. The van der Waals surface area contributed by atoms with Crippen LogP contribution in [0.15, 0.2) is 51.8 Å². The van der Waals surface area contributed by atoms with E-state index < -0.39 is 15.9 Å². The zero-order valence-corrected chi connectivity index (χ0v) is 19.2. The minimum Gasteiger partial charge on any atom is -0.493 e. The second-order valence-corrected chi connectivity index (χ2v) is 9.14. The fraction of sp³-hybridized carbons (Fsp3) is 0.350. The molecular weight excluding hydrogens is 460 g/mol. The predicted octanol–water partition coefficient (Wildman–Crippen LogP) is 3.35. The zero-order valence-electron chi connectivity index (χ0n) is 16.8. The molecule has 0 heterocycles. The van der Waals surface area contributed by atoms with Gasteiger partial charge < -0.3 is 14.8 Å². The van der Waals surface area contributed by atoms with Crippen LogP contribution in [0.4, 0.5) is 0 Å². The molecule has 0 saturated carbocycles. The van der Waals surface area contributed by atoms with Crippen molar-refractivity contribution in [2.24, 2.45) is 0 Å². The Morgan fingerprint density at radius 2 is 1.72 bits per heavy atom. The van der Waals surface area contributed by atoms with Crippen LogP contribution in [0.3, 0.4) is 0 Å². The van der Waals surface area contributed by atoms with Crippen molar-refractivity contribution in [1.82, 2.24) is 9.62 Å². The molecule has 1 atom stereocenters. The van der Waals surface area contributed by atoms with Crippen molar-refractivity contribution in [3.8, 4) is 11.5 Å². The summed E-state index contributed by atoms with van der Waals surface area (Å²) < 4.78 is 38.1. The van der Waals surface area contributed by atoms with E-state index in [1.165, 1.54) is 19.2 Å². The summed E-state index contributed by atoms with van der Waals surface area (Å²) in [6.07, 6.45) is 0. The maximum absolute atomic E-state index is 12.8. The quantitative estimate of drug-likeness (QED) is 0.589. The number of nitrogens with zero attached hydrogens (tertiary/aromatic N) is 1. The van der Waals surface area contributed by atoms with Gasteiger partial charge in [-0.15, -0.1) is 0 Å².